The van der Waals surface area contributed by atoms with E-state index in [0.29, 0.717) is 74.8 Å². The molecule has 242 valence electrons. The number of halogens is 6. The van der Waals surface area contributed by atoms with E-state index in [9.17, 15) is 41.0 Å². The highest BCUT2D eigenvalue weighted by Gasteiger charge is 2.62. The molecule has 1 aromatic carbocycles. The van der Waals surface area contributed by atoms with Gasteiger partial charge < -0.3 is 24.8 Å². The smallest absolute Gasteiger partial charge is 0.479 e. The summed E-state index contributed by atoms with van der Waals surface area (Å²) in [6, 6.07) is 3.62. The summed E-state index contributed by atoms with van der Waals surface area (Å²) >= 11 is 0. The summed E-state index contributed by atoms with van der Waals surface area (Å²) < 4.78 is 92.0. The van der Waals surface area contributed by atoms with Crippen molar-refractivity contribution in [3.63, 3.8) is 0 Å². The number of carbonyl (C=O) groups excluding carboxylic acids is 1. The predicted molar refractivity (Wildman–Crippen MR) is 144 cm³/mol. The molecule has 1 saturated heterocycles. The van der Waals surface area contributed by atoms with Crippen LogP contribution in [0.3, 0.4) is 0 Å². The summed E-state index contributed by atoms with van der Waals surface area (Å²) in [5.74, 6) is -3.38. The molecule has 0 atom stereocenters. The molecule has 1 aromatic heterocycles. The van der Waals surface area contributed by atoms with Gasteiger partial charge in [0.2, 0.25) is 5.95 Å². The molecule has 45 heavy (non-hydrogen) atoms. The van der Waals surface area contributed by atoms with Crippen LogP contribution in [0.15, 0.2) is 24.4 Å². The fraction of sp³-hybridized carbons (Fsp3) is 0.600. The molecule has 1 spiro atoms. The van der Waals surface area contributed by atoms with Gasteiger partial charge in [-0.3, -0.25) is 4.79 Å². The fourth-order valence-corrected chi connectivity index (χ4v) is 8.89. The number of hydrogen-bond donors (Lipinski definition) is 2. The van der Waals surface area contributed by atoms with Crippen molar-refractivity contribution < 1.29 is 50.5 Å². The zero-order chi connectivity index (χ0) is 31.9. The van der Waals surface area contributed by atoms with Crippen molar-refractivity contribution >= 4 is 23.5 Å². The molecule has 4 saturated carbocycles. The molecule has 6 aliphatic rings. The lowest BCUT2D eigenvalue weighted by molar-refractivity contribution is -0.274. The first-order chi connectivity index (χ1) is 21.2. The Labute approximate surface area is 253 Å². The van der Waals surface area contributed by atoms with Crippen LogP contribution in [0.5, 0.6) is 5.75 Å². The lowest BCUT2D eigenvalue weighted by Crippen LogP contribution is -2.70. The molecular formula is C30H30F6N4O5. The second-order valence-corrected chi connectivity index (χ2v) is 13.1. The number of anilines is 2. The number of ether oxygens (including phenoxy) is 2. The van der Waals surface area contributed by atoms with Gasteiger partial charge in [0.15, 0.2) is 5.69 Å². The number of hydrogen-bond acceptors (Lipinski definition) is 7. The highest BCUT2D eigenvalue weighted by molar-refractivity contribution is 5.99. The number of aromatic nitrogens is 2. The number of aliphatic carboxylic acids is 1. The molecule has 2 N–H and O–H groups in total. The first kappa shape index (κ1) is 30.1. The second-order valence-electron chi connectivity index (χ2n) is 13.1. The number of carbonyl (C=O) groups is 2. The van der Waals surface area contributed by atoms with Crippen molar-refractivity contribution in [3.8, 4) is 5.75 Å². The number of carboxylic acid groups (broad SMARTS) is 1. The van der Waals surface area contributed by atoms with Gasteiger partial charge in [0.05, 0.1) is 5.56 Å². The van der Waals surface area contributed by atoms with E-state index < -0.39 is 58.3 Å². The highest BCUT2D eigenvalue weighted by Crippen LogP contribution is 2.58. The van der Waals surface area contributed by atoms with Crippen LogP contribution >= 0.6 is 0 Å². The van der Waals surface area contributed by atoms with Gasteiger partial charge in [-0.05, 0) is 92.4 Å². The fourth-order valence-electron chi connectivity index (χ4n) is 8.89. The molecule has 15 heteroatoms. The monoisotopic (exact) mass is 640 g/mol. The third-order valence-electron chi connectivity index (χ3n) is 10.6. The predicted octanol–water partition coefficient (Wildman–Crippen LogP) is 5.60. The molecular weight excluding hydrogens is 610 g/mol. The Morgan fingerprint density at radius 1 is 1.00 bits per heavy atom. The van der Waals surface area contributed by atoms with E-state index in [-0.39, 0.29) is 18.4 Å². The van der Waals surface area contributed by atoms with Gasteiger partial charge in [0, 0.05) is 37.1 Å². The van der Waals surface area contributed by atoms with Crippen LogP contribution in [-0.4, -0.2) is 58.6 Å². The van der Waals surface area contributed by atoms with Gasteiger partial charge in [-0.25, -0.2) is 14.8 Å². The Kier molecular flexibility index (Phi) is 6.81. The summed E-state index contributed by atoms with van der Waals surface area (Å²) in [4.78, 5) is 35.6. The minimum absolute atomic E-state index is 0.0673. The van der Waals surface area contributed by atoms with Crippen LogP contribution in [-0.2, 0) is 21.1 Å². The van der Waals surface area contributed by atoms with Gasteiger partial charge in [-0.2, -0.15) is 13.2 Å². The summed E-state index contributed by atoms with van der Waals surface area (Å²) in [5, 5.41) is 12.9. The standard InChI is InChI=1S/C30H30F6N4O5/c31-29(32,33)23-20(24(41)39-28(25(42)43)17-8-15-7-16(10-17)11-18(28)9-15)13-37-26(38-23)40-14-27(3-5-44-6-4-27)21-12-19(1-2-22(21)40)45-30(34,35)36/h1-2,12-13,15-18H,3-11,14H2,(H,39,41)(H,42,43). The van der Waals surface area contributed by atoms with E-state index in [1.165, 1.54) is 17.0 Å². The molecule has 0 unspecified atom stereocenters. The number of amides is 1. The van der Waals surface area contributed by atoms with Crippen molar-refractivity contribution in [1.29, 1.82) is 0 Å². The first-order valence-corrected chi connectivity index (χ1v) is 14.9. The normalized spacial score (nSPS) is 30.0. The number of nitrogens with zero attached hydrogens (tertiary/aromatic N) is 3. The van der Waals surface area contributed by atoms with Crippen molar-refractivity contribution in [2.75, 3.05) is 24.7 Å². The minimum atomic E-state index is -5.10. The number of rotatable bonds is 5. The molecule has 5 fully saturated rings. The maximum absolute atomic E-state index is 14.5. The average Bonchev–Trinajstić information content (AvgIpc) is 3.25. The average molecular weight is 641 g/mol. The van der Waals surface area contributed by atoms with Crippen molar-refractivity contribution in [3.05, 3.63) is 41.2 Å². The lowest BCUT2D eigenvalue weighted by Gasteiger charge is -2.59. The molecule has 4 aliphatic carbocycles. The molecule has 2 aromatic rings. The minimum Gasteiger partial charge on any atom is -0.479 e. The summed E-state index contributed by atoms with van der Waals surface area (Å²) in [6.45, 7) is 0.651. The van der Waals surface area contributed by atoms with Crippen molar-refractivity contribution in [1.82, 2.24) is 15.3 Å². The zero-order valence-electron chi connectivity index (χ0n) is 23.9. The Bertz CT molecular complexity index is 1510. The molecule has 9 nitrogen and oxygen atoms in total. The molecule has 1 amide bonds. The number of fused-ring (bicyclic) bond motifs is 2. The molecule has 8 rings (SSSR count). The van der Waals surface area contributed by atoms with Crippen LogP contribution in [0.1, 0.15) is 66.6 Å². The van der Waals surface area contributed by atoms with Gasteiger partial charge in [-0.1, -0.05) is 0 Å². The van der Waals surface area contributed by atoms with Gasteiger partial charge in [0.25, 0.3) is 5.91 Å². The third kappa shape index (κ3) is 4.97. The van der Waals surface area contributed by atoms with E-state index in [1.807, 2.05) is 0 Å². The Morgan fingerprint density at radius 2 is 1.64 bits per heavy atom. The van der Waals surface area contributed by atoms with E-state index in [2.05, 4.69) is 20.0 Å². The third-order valence-corrected chi connectivity index (χ3v) is 10.6. The van der Waals surface area contributed by atoms with E-state index in [0.717, 1.165) is 18.7 Å². The second kappa shape index (κ2) is 10.2. The number of alkyl halides is 6. The van der Waals surface area contributed by atoms with E-state index in [1.54, 1.807) is 0 Å². The summed E-state index contributed by atoms with van der Waals surface area (Å²) in [6.07, 6.45) is -5.12. The molecule has 4 bridgehead atoms. The molecule has 2 aliphatic heterocycles. The SMILES string of the molecule is O=C(NC1(C(=O)O)C2CC3CC(C2)CC1C3)c1cnc(N2CC3(CCOCC3)c3cc(OC(F)(F)F)ccc32)nc1C(F)(F)F. The Balaban J connectivity index is 1.24. The Morgan fingerprint density at radius 3 is 2.22 bits per heavy atom. The van der Waals surface area contributed by atoms with E-state index >= 15 is 0 Å². The van der Waals surface area contributed by atoms with Crippen LogP contribution < -0.4 is 15.0 Å². The highest BCUT2D eigenvalue weighted by atomic mass is 19.4. The van der Waals surface area contributed by atoms with Crippen LogP contribution in [0.25, 0.3) is 0 Å². The van der Waals surface area contributed by atoms with Gasteiger partial charge in [-0.15, -0.1) is 13.2 Å². The number of nitrogens with one attached hydrogen (secondary N) is 1. The van der Waals surface area contributed by atoms with Crippen molar-refractivity contribution in [2.45, 2.75) is 68.4 Å². The van der Waals surface area contributed by atoms with Gasteiger partial charge in [0.1, 0.15) is 11.3 Å². The van der Waals surface area contributed by atoms with Crippen LogP contribution in [0.2, 0.25) is 0 Å². The molecule has 0 radical (unpaired) electrons. The molecule has 3 heterocycles. The van der Waals surface area contributed by atoms with Crippen LogP contribution in [0.4, 0.5) is 38.0 Å². The number of benzene rings is 1. The quantitative estimate of drug-likeness (QED) is 0.406. The van der Waals surface area contributed by atoms with Crippen molar-refractivity contribution in [2.24, 2.45) is 23.7 Å². The van der Waals surface area contributed by atoms with Crippen LogP contribution in [0, 0.1) is 23.7 Å². The summed E-state index contributed by atoms with van der Waals surface area (Å²) in [5.41, 5.74) is -4.10. The lowest BCUT2D eigenvalue weighted by atomic mass is 9.48. The van der Waals surface area contributed by atoms with E-state index in [4.69, 9.17) is 4.74 Å². The van der Waals surface area contributed by atoms with Gasteiger partial charge >= 0.3 is 18.5 Å². The zero-order valence-corrected chi connectivity index (χ0v) is 23.9. The topological polar surface area (TPSA) is 114 Å². The Hall–Kier alpha value is -3.62. The maximum Gasteiger partial charge on any atom is 0.573 e. The largest absolute Gasteiger partial charge is 0.573 e. The number of carboxylic acids is 1. The first-order valence-electron chi connectivity index (χ1n) is 14.9. The summed E-state index contributed by atoms with van der Waals surface area (Å²) in [7, 11) is 0. The maximum atomic E-state index is 14.5.